The van der Waals surface area contributed by atoms with Crippen molar-refractivity contribution in [1.82, 2.24) is 19.7 Å². The molecular formula is C14H20N4O. The number of nitrogens with one attached hydrogen (secondary N) is 1. The molecule has 1 saturated heterocycles. The smallest absolute Gasteiger partial charge is 0.252 e. The van der Waals surface area contributed by atoms with Gasteiger partial charge in [-0.15, -0.1) is 0 Å². The molecule has 1 N–H and O–H groups in total. The van der Waals surface area contributed by atoms with Crippen LogP contribution in [0.3, 0.4) is 0 Å². The molecule has 0 aromatic carbocycles. The zero-order valence-corrected chi connectivity index (χ0v) is 11.7. The van der Waals surface area contributed by atoms with Gasteiger partial charge in [-0.3, -0.25) is 14.0 Å². The molecule has 2 aromatic rings. The molecule has 1 aliphatic heterocycles. The van der Waals surface area contributed by atoms with Crippen molar-refractivity contribution in [3.63, 3.8) is 0 Å². The van der Waals surface area contributed by atoms with Gasteiger partial charge in [-0.2, -0.15) is 5.10 Å². The van der Waals surface area contributed by atoms with Crippen LogP contribution in [0.25, 0.3) is 11.0 Å². The van der Waals surface area contributed by atoms with Gasteiger partial charge in [0.25, 0.3) is 5.56 Å². The Kier molecular flexibility index (Phi) is 2.93. The maximum absolute atomic E-state index is 12.4. The lowest BCUT2D eigenvalue weighted by Gasteiger charge is -2.26. The number of hydrogen-bond donors (Lipinski definition) is 1. The van der Waals surface area contributed by atoms with Crippen molar-refractivity contribution < 1.29 is 0 Å². The minimum Gasteiger partial charge on any atom is -0.317 e. The fourth-order valence-electron chi connectivity index (χ4n) is 3.23. The Balaban J connectivity index is 2.31. The summed E-state index contributed by atoms with van der Waals surface area (Å²) in [6.45, 7) is 5.95. The van der Waals surface area contributed by atoms with Crippen LogP contribution in [-0.2, 0) is 7.05 Å². The molecule has 0 amide bonds. The summed E-state index contributed by atoms with van der Waals surface area (Å²) in [5.41, 5.74) is 3.09. The Morgan fingerprint density at radius 2 is 2.00 bits per heavy atom. The molecule has 5 nitrogen and oxygen atoms in total. The lowest BCUT2D eigenvalue weighted by atomic mass is 10.0. The quantitative estimate of drug-likeness (QED) is 0.840. The van der Waals surface area contributed by atoms with Crippen LogP contribution < -0.4 is 10.9 Å². The summed E-state index contributed by atoms with van der Waals surface area (Å²) >= 11 is 0. The number of nitrogens with zero attached hydrogens (tertiary/aromatic N) is 3. The molecule has 102 valence electrons. The Bertz CT molecular complexity index is 677. The molecule has 0 unspecified atom stereocenters. The lowest BCUT2D eigenvalue weighted by Crippen LogP contribution is -2.34. The number of aromatic nitrogens is 3. The van der Waals surface area contributed by atoms with Gasteiger partial charge in [-0.05, 0) is 45.3 Å². The second-order valence-corrected chi connectivity index (χ2v) is 5.42. The Labute approximate surface area is 112 Å². The number of pyridine rings is 1. The highest BCUT2D eigenvalue weighted by atomic mass is 16.1. The van der Waals surface area contributed by atoms with Gasteiger partial charge in [-0.1, -0.05) is 0 Å². The van der Waals surface area contributed by atoms with E-state index < -0.39 is 0 Å². The Hall–Kier alpha value is -1.62. The highest BCUT2D eigenvalue weighted by Crippen LogP contribution is 2.25. The molecule has 5 heteroatoms. The van der Waals surface area contributed by atoms with Crippen LogP contribution in [0.1, 0.15) is 30.1 Å². The van der Waals surface area contributed by atoms with E-state index in [4.69, 9.17) is 0 Å². The van der Waals surface area contributed by atoms with E-state index in [1.54, 1.807) is 6.07 Å². The van der Waals surface area contributed by atoms with Crippen LogP contribution in [0.2, 0.25) is 0 Å². The first kappa shape index (κ1) is 12.4. The van der Waals surface area contributed by atoms with Crippen LogP contribution in [0.5, 0.6) is 0 Å². The molecule has 0 saturated carbocycles. The first-order valence-corrected chi connectivity index (χ1v) is 6.85. The standard InChI is InChI=1S/C14H20N4O/c1-9-8-12(19)18(11-4-6-15-7-5-11)14-13(9)10(2)16-17(14)3/h8,11,15H,4-7H2,1-3H3. The van der Waals surface area contributed by atoms with Crippen LogP contribution >= 0.6 is 0 Å². The van der Waals surface area contributed by atoms with Crippen molar-refractivity contribution in [2.24, 2.45) is 7.05 Å². The van der Waals surface area contributed by atoms with Crippen LogP contribution in [0.4, 0.5) is 0 Å². The number of aryl methyl sites for hydroxylation is 3. The van der Waals surface area contributed by atoms with Gasteiger partial charge in [0.1, 0.15) is 5.65 Å². The topological polar surface area (TPSA) is 51.9 Å². The molecule has 0 bridgehead atoms. The van der Waals surface area contributed by atoms with Gasteiger partial charge in [0.15, 0.2) is 0 Å². The molecule has 0 atom stereocenters. The fourth-order valence-corrected chi connectivity index (χ4v) is 3.23. The third-order valence-electron chi connectivity index (χ3n) is 4.07. The molecule has 0 spiro atoms. The van der Waals surface area contributed by atoms with Crippen molar-refractivity contribution in [3.8, 4) is 0 Å². The average Bonchev–Trinajstić information content (AvgIpc) is 2.66. The van der Waals surface area contributed by atoms with Crippen molar-refractivity contribution in [3.05, 3.63) is 27.7 Å². The normalized spacial score (nSPS) is 17.2. The van der Waals surface area contributed by atoms with Crippen molar-refractivity contribution in [2.45, 2.75) is 32.7 Å². The SMILES string of the molecule is Cc1cc(=O)n(C2CCNCC2)c2c1c(C)nn2C. The minimum atomic E-state index is 0.0971. The average molecular weight is 260 g/mol. The van der Waals surface area contributed by atoms with Crippen molar-refractivity contribution in [2.75, 3.05) is 13.1 Å². The van der Waals surface area contributed by atoms with E-state index in [-0.39, 0.29) is 11.6 Å². The third-order valence-corrected chi connectivity index (χ3v) is 4.07. The molecule has 3 rings (SSSR count). The van der Waals surface area contributed by atoms with Crippen LogP contribution in [0.15, 0.2) is 10.9 Å². The maximum Gasteiger partial charge on any atom is 0.252 e. The highest BCUT2D eigenvalue weighted by molar-refractivity contribution is 5.82. The maximum atomic E-state index is 12.4. The number of rotatable bonds is 1. The summed E-state index contributed by atoms with van der Waals surface area (Å²) in [5.74, 6) is 0. The third kappa shape index (κ3) is 1.89. The molecule has 2 aromatic heterocycles. The highest BCUT2D eigenvalue weighted by Gasteiger charge is 2.21. The van der Waals surface area contributed by atoms with Crippen molar-refractivity contribution >= 4 is 11.0 Å². The lowest BCUT2D eigenvalue weighted by molar-refractivity contribution is 0.365. The molecule has 19 heavy (non-hydrogen) atoms. The van der Waals surface area contributed by atoms with Gasteiger partial charge >= 0.3 is 0 Å². The Morgan fingerprint density at radius 1 is 1.32 bits per heavy atom. The van der Waals surface area contributed by atoms with E-state index in [2.05, 4.69) is 10.4 Å². The van der Waals surface area contributed by atoms with Gasteiger partial charge in [0, 0.05) is 24.5 Å². The monoisotopic (exact) mass is 260 g/mol. The summed E-state index contributed by atoms with van der Waals surface area (Å²) in [6.07, 6.45) is 2.00. The summed E-state index contributed by atoms with van der Waals surface area (Å²) < 4.78 is 3.80. The van der Waals surface area contributed by atoms with E-state index in [0.29, 0.717) is 0 Å². The molecule has 0 aliphatic carbocycles. The van der Waals surface area contributed by atoms with Gasteiger partial charge in [0.2, 0.25) is 0 Å². The van der Waals surface area contributed by atoms with E-state index in [1.807, 2.05) is 30.1 Å². The van der Waals surface area contributed by atoms with Crippen LogP contribution in [0, 0.1) is 13.8 Å². The van der Waals surface area contributed by atoms with Gasteiger partial charge in [0.05, 0.1) is 5.69 Å². The van der Waals surface area contributed by atoms with Gasteiger partial charge in [-0.25, -0.2) is 0 Å². The minimum absolute atomic E-state index is 0.0971. The van der Waals surface area contributed by atoms with Crippen molar-refractivity contribution in [1.29, 1.82) is 0 Å². The first-order chi connectivity index (χ1) is 9.09. The second kappa shape index (κ2) is 4.49. The number of hydrogen-bond acceptors (Lipinski definition) is 3. The summed E-state index contributed by atoms with van der Waals surface area (Å²) in [6, 6.07) is 2.03. The number of piperidine rings is 1. The number of fused-ring (bicyclic) bond motifs is 1. The second-order valence-electron chi connectivity index (χ2n) is 5.42. The molecule has 3 heterocycles. The van der Waals surface area contributed by atoms with Gasteiger partial charge < -0.3 is 5.32 Å². The zero-order valence-electron chi connectivity index (χ0n) is 11.7. The first-order valence-electron chi connectivity index (χ1n) is 6.85. The van der Waals surface area contributed by atoms with Crippen LogP contribution in [-0.4, -0.2) is 27.4 Å². The van der Waals surface area contributed by atoms with E-state index >= 15 is 0 Å². The summed E-state index contributed by atoms with van der Waals surface area (Å²) in [7, 11) is 1.92. The Morgan fingerprint density at radius 3 is 2.68 bits per heavy atom. The summed E-state index contributed by atoms with van der Waals surface area (Å²) in [5, 5.41) is 8.96. The largest absolute Gasteiger partial charge is 0.317 e. The van der Waals surface area contributed by atoms with E-state index in [9.17, 15) is 4.79 Å². The predicted octanol–water partition coefficient (Wildman–Crippen LogP) is 1.28. The summed E-state index contributed by atoms with van der Waals surface area (Å²) in [4.78, 5) is 12.4. The van der Waals surface area contributed by atoms with E-state index in [1.165, 1.54) is 0 Å². The predicted molar refractivity (Wildman–Crippen MR) is 75.6 cm³/mol. The molecule has 1 aliphatic rings. The molecule has 0 radical (unpaired) electrons. The zero-order chi connectivity index (χ0) is 13.6. The molecular weight excluding hydrogens is 240 g/mol. The van der Waals surface area contributed by atoms with E-state index in [0.717, 1.165) is 48.2 Å². The molecule has 1 fully saturated rings. The fraction of sp³-hybridized carbons (Fsp3) is 0.571.